The minimum atomic E-state index is 0.748. The van der Waals surface area contributed by atoms with Gasteiger partial charge in [-0.3, -0.25) is 9.69 Å². The van der Waals surface area contributed by atoms with Crippen molar-refractivity contribution in [3.05, 3.63) is 77.5 Å². The van der Waals surface area contributed by atoms with Gasteiger partial charge >= 0.3 is 0 Å². The summed E-state index contributed by atoms with van der Waals surface area (Å²) in [5.74, 6) is 0. The molecule has 138 valence electrons. The van der Waals surface area contributed by atoms with Crippen LogP contribution in [0.2, 0.25) is 0 Å². The fourth-order valence-electron chi connectivity index (χ4n) is 3.96. The number of fused-ring (bicyclic) bond motifs is 1. The van der Waals surface area contributed by atoms with E-state index in [1.165, 1.54) is 34.9 Å². The van der Waals surface area contributed by atoms with Gasteiger partial charge in [0.2, 0.25) is 0 Å². The SMILES string of the molecule is O=Cc1ccc2[nH]cc(CCCCN3CC=C(c4ccccc4)CC3)c2c1. The number of aldehydes is 1. The summed E-state index contributed by atoms with van der Waals surface area (Å²) in [5.41, 5.74) is 6.03. The smallest absolute Gasteiger partial charge is 0.150 e. The average molecular weight is 358 g/mol. The second-order valence-electron chi connectivity index (χ2n) is 7.34. The zero-order valence-corrected chi connectivity index (χ0v) is 15.7. The molecule has 0 atom stereocenters. The van der Waals surface area contributed by atoms with Crippen molar-refractivity contribution in [3.8, 4) is 0 Å². The molecule has 0 amide bonds. The molecule has 27 heavy (non-hydrogen) atoms. The Morgan fingerprint density at radius 2 is 1.96 bits per heavy atom. The number of hydrogen-bond donors (Lipinski definition) is 1. The van der Waals surface area contributed by atoms with Gasteiger partial charge in [-0.25, -0.2) is 0 Å². The number of H-pyrrole nitrogens is 1. The van der Waals surface area contributed by atoms with E-state index in [9.17, 15) is 4.79 Å². The molecule has 0 radical (unpaired) electrons. The molecule has 1 aromatic heterocycles. The van der Waals surface area contributed by atoms with Crippen molar-refractivity contribution in [1.29, 1.82) is 0 Å². The summed E-state index contributed by atoms with van der Waals surface area (Å²) in [6.07, 6.45) is 9.97. The second-order valence-corrected chi connectivity index (χ2v) is 7.34. The van der Waals surface area contributed by atoms with Crippen LogP contribution >= 0.6 is 0 Å². The van der Waals surface area contributed by atoms with Crippen LogP contribution in [0.15, 0.2) is 60.8 Å². The van der Waals surface area contributed by atoms with Crippen LogP contribution in [-0.2, 0) is 6.42 Å². The minimum Gasteiger partial charge on any atom is -0.361 e. The molecule has 0 bridgehead atoms. The van der Waals surface area contributed by atoms with Gasteiger partial charge in [-0.2, -0.15) is 0 Å². The maximum Gasteiger partial charge on any atom is 0.150 e. The first kappa shape index (κ1) is 17.7. The summed E-state index contributed by atoms with van der Waals surface area (Å²) < 4.78 is 0. The standard InChI is InChI=1S/C24H26N2O/c27-18-19-9-10-24-23(16-19)22(17-25-24)8-4-5-13-26-14-11-21(12-15-26)20-6-2-1-3-7-20/h1-3,6-7,9-11,16-18,25H,4-5,8,12-15H2. The van der Waals surface area contributed by atoms with Crippen molar-refractivity contribution in [2.45, 2.75) is 25.7 Å². The van der Waals surface area contributed by atoms with Crippen LogP contribution in [0.1, 0.15) is 40.7 Å². The molecule has 1 aliphatic rings. The number of hydrogen-bond acceptors (Lipinski definition) is 2. The molecule has 3 heteroatoms. The number of rotatable bonds is 7. The molecule has 0 saturated carbocycles. The van der Waals surface area contributed by atoms with E-state index >= 15 is 0 Å². The van der Waals surface area contributed by atoms with E-state index in [4.69, 9.17) is 0 Å². The number of carbonyl (C=O) groups excluding carboxylic acids is 1. The van der Waals surface area contributed by atoms with E-state index in [-0.39, 0.29) is 0 Å². The van der Waals surface area contributed by atoms with Crippen molar-refractivity contribution >= 4 is 22.8 Å². The zero-order valence-electron chi connectivity index (χ0n) is 15.7. The molecule has 2 heterocycles. The van der Waals surface area contributed by atoms with Gasteiger partial charge in [0.1, 0.15) is 6.29 Å². The van der Waals surface area contributed by atoms with Crippen LogP contribution in [0.5, 0.6) is 0 Å². The largest absolute Gasteiger partial charge is 0.361 e. The predicted octanol–water partition coefficient (Wildman–Crippen LogP) is 5.09. The number of aryl methyl sites for hydroxylation is 1. The third kappa shape index (κ3) is 4.20. The topological polar surface area (TPSA) is 36.1 Å². The summed E-state index contributed by atoms with van der Waals surface area (Å²) in [4.78, 5) is 16.9. The quantitative estimate of drug-likeness (QED) is 0.471. The molecule has 2 aromatic carbocycles. The molecule has 4 rings (SSSR count). The van der Waals surface area contributed by atoms with E-state index in [1.807, 2.05) is 18.2 Å². The Morgan fingerprint density at radius 3 is 2.74 bits per heavy atom. The molecule has 1 N–H and O–H groups in total. The number of benzene rings is 2. The summed E-state index contributed by atoms with van der Waals surface area (Å²) in [6.45, 7) is 3.36. The number of nitrogens with one attached hydrogen (secondary N) is 1. The first-order valence-corrected chi connectivity index (χ1v) is 9.85. The highest BCUT2D eigenvalue weighted by Crippen LogP contribution is 2.23. The van der Waals surface area contributed by atoms with Crippen LogP contribution in [-0.4, -0.2) is 35.8 Å². The summed E-state index contributed by atoms with van der Waals surface area (Å²) in [5, 5.41) is 1.19. The average Bonchev–Trinajstić information content (AvgIpc) is 3.14. The van der Waals surface area contributed by atoms with Gasteiger partial charge in [0, 0.05) is 35.8 Å². The first-order chi connectivity index (χ1) is 13.3. The van der Waals surface area contributed by atoms with E-state index in [1.54, 1.807) is 0 Å². The number of unbranched alkanes of at least 4 members (excludes halogenated alkanes) is 1. The molecule has 3 aromatic rings. The third-order valence-corrected chi connectivity index (χ3v) is 5.54. The van der Waals surface area contributed by atoms with Crippen LogP contribution in [0.25, 0.3) is 16.5 Å². The summed E-state index contributed by atoms with van der Waals surface area (Å²) in [7, 11) is 0. The van der Waals surface area contributed by atoms with Gasteiger partial charge in [-0.1, -0.05) is 36.4 Å². The van der Waals surface area contributed by atoms with Crippen molar-refractivity contribution in [2.75, 3.05) is 19.6 Å². The second kappa shape index (κ2) is 8.36. The zero-order chi connectivity index (χ0) is 18.5. The molecule has 0 fully saturated rings. The van der Waals surface area contributed by atoms with Gasteiger partial charge in [0.15, 0.2) is 0 Å². The number of aromatic nitrogens is 1. The lowest BCUT2D eigenvalue weighted by Crippen LogP contribution is -2.29. The fourth-order valence-corrected chi connectivity index (χ4v) is 3.96. The lowest BCUT2D eigenvalue weighted by atomic mass is 9.99. The molecular weight excluding hydrogens is 332 g/mol. The highest BCUT2D eigenvalue weighted by molar-refractivity contribution is 5.89. The number of carbonyl (C=O) groups is 1. The molecule has 0 saturated heterocycles. The van der Waals surface area contributed by atoms with Crippen LogP contribution < -0.4 is 0 Å². The Labute approximate surface area is 160 Å². The predicted molar refractivity (Wildman–Crippen MR) is 112 cm³/mol. The molecule has 0 unspecified atom stereocenters. The summed E-state index contributed by atoms with van der Waals surface area (Å²) in [6, 6.07) is 16.6. The highest BCUT2D eigenvalue weighted by atomic mass is 16.1. The Kier molecular flexibility index (Phi) is 5.50. The van der Waals surface area contributed by atoms with E-state index in [0.29, 0.717) is 0 Å². The Hall–Kier alpha value is -2.65. The van der Waals surface area contributed by atoms with Crippen LogP contribution in [0, 0.1) is 0 Å². The minimum absolute atomic E-state index is 0.748. The molecule has 3 nitrogen and oxygen atoms in total. The maximum atomic E-state index is 11.0. The van der Waals surface area contributed by atoms with Crippen LogP contribution in [0.4, 0.5) is 0 Å². The Morgan fingerprint density at radius 1 is 1.07 bits per heavy atom. The Balaban J connectivity index is 1.26. The summed E-state index contributed by atoms with van der Waals surface area (Å²) >= 11 is 0. The van der Waals surface area contributed by atoms with Gasteiger partial charge < -0.3 is 4.98 Å². The van der Waals surface area contributed by atoms with E-state index < -0.39 is 0 Å². The van der Waals surface area contributed by atoms with Crippen LogP contribution in [0.3, 0.4) is 0 Å². The molecule has 0 spiro atoms. The van der Waals surface area contributed by atoms with Crippen molar-refractivity contribution < 1.29 is 4.79 Å². The van der Waals surface area contributed by atoms with E-state index in [0.717, 1.165) is 49.8 Å². The van der Waals surface area contributed by atoms with Gasteiger partial charge in [-0.05, 0) is 67.1 Å². The first-order valence-electron chi connectivity index (χ1n) is 9.85. The number of nitrogens with zero attached hydrogens (tertiary/aromatic N) is 1. The third-order valence-electron chi connectivity index (χ3n) is 5.54. The monoisotopic (exact) mass is 358 g/mol. The van der Waals surface area contributed by atoms with Crippen molar-refractivity contribution in [3.63, 3.8) is 0 Å². The molecular formula is C24H26N2O. The van der Waals surface area contributed by atoms with E-state index in [2.05, 4.69) is 52.5 Å². The highest BCUT2D eigenvalue weighted by Gasteiger charge is 2.12. The van der Waals surface area contributed by atoms with Crippen molar-refractivity contribution in [1.82, 2.24) is 9.88 Å². The molecule has 0 aliphatic carbocycles. The molecule has 1 aliphatic heterocycles. The maximum absolute atomic E-state index is 11.0. The van der Waals surface area contributed by atoms with Crippen molar-refractivity contribution in [2.24, 2.45) is 0 Å². The number of aromatic amines is 1. The Bertz CT molecular complexity index is 939. The van der Waals surface area contributed by atoms with Gasteiger partial charge in [-0.15, -0.1) is 0 Å². The normalized spacial score (nSPS) is 15.0. The lowest BCUT2D eigenvalue weighted by molar-refractivity contribution is 0.112. The van der Waals surface area contributed by atoms with Gasteiger partial charge in [0.25, 0.3) is 0 Å². The lowest BCUT2D eigenvalue weighted by Gasteiger charge is -2.26. The fraction of sp³-hybridized carbons (Fsp3) is 0.292. The van der Waals surface area contributed by atoms with Gasteiger partial charge in [0.05, 0.1) is 0 Å².